The lowest BCUT2D eigenvalue weighted by molar-refractivity contribution is -0.151. The number of carbonyl (C=O) groups excluding carboxylic acids is 2. The van der Waals surface area contributed by atoms with Crippen molar-refractivity contribution in [3.63, 3.8) is 0 Å². The fourth-order valence-corrected chi connectivity index (χ4v) is 2.11. The van der Waals surface area contributed by atoms with Gasteiger partial charge in [0.2, 0.25) is 5.91 Å². The topological polar surface area (TPSA) is 72.6 Å². The Bertz CT molecular complexity index is 289. The first-order valence-electron chi connectivity index (χ1n) is 5.47. The SMILES string of the molecule is COC(=O)C(C)(C)CN1CCC(C(N)=O)C1. The van der Waals surface area contributed by atoms with E-state index in [1.165, 1.54) is 7.11 Å². The Morgan fingerprint density at radius 2 is 2.12 bits per heavy atom. The molecule has 1 saturated heterocycles. The minimum Gasteiger partial charge on any atom is -0.469 e. The average Bonchev–Trinajstić information content (AvgIpc) is 2.64. The van der Waals surface area contributed by atoms with Crippen LogP contribution in [-0.2, 0) is 14.3 Å². The third-order valence-electron chi connectivity index (χ3n) is 3.03. The molecule has 0 spiro atoms. The zero-order valence-corrected chi connectivity index (χ0v) is 10.2. The molecule has 0 aromatic carbocycles. The summed E-state index contributed by atoms with van der Waals surface area (Å²) < 4.78 is 4.74. The van der Waals surface area contributed by atoms with Gasteiger partial charge < -0.3 is 15.4 Å². The summed E-state index contributed by atoms with van der Waals surface area (Å²) >= 11 is 0. The van der Waals surface area contributed by atoms with Crippen LogP contribution < -0.4 is 5.73 Å². The summed E-state index contributed by atoms with van der Waals surface area (Å²) in [5.74, 6) is -0.554. The lowest BCUT2D eigenvalue weighted by atomic mass is 9.93. The molecule has 0 bridgehead atoms. The van der Waals surface area contributed by atoms with E-state index in [0.717, 1.165) is 13.0 Å². The van der Waals surface area contributed by atoms with Crippen LogP contribution >= 0.6 is 0 Å². The molecule has 0 aliphatic carbocycles. The van der Waals surface area contributed by atoms with E-state index in [1.54, 1.807) is 0 Å². The van der Waals surface area contributed by atoms with Crippen molar-refractivity contribution in [1.29, 1.82) is 0 Å². The normalized spacial score (nSPS) is 22.1. The highest BCUT2D eigenvalue weighted by Gasteiger charge is 2.35. The van der Waals surface area contributed by atoms with Gasteiger partial charge in [0.15, 0.2) is 0 Å². The number of esters is 1. The Balaban J connectivity index is 2.50. The van der Waals surface area contributed by atoms with E-state index in [4.69, 9.17) is 10.5 Å². The molecule has 1 aliphatic heterocycles. The first-order chi connectivity index (χ1) is 7.36. The Kier molecular flexibility index (Phi) is 3.91. The Morgan fingerprint density at radius 1 is 1.50 bits per heavy atom. The lowest BCUT2D eigenvalue weighted by Crippen LogP contribution is -2.39. The largest absolute Gasteiger partial charge is 0.469 e. The van der Waals surface area contributed by atoms with Crippen molar-refractivity contribution in [2.45, 2.75) is 20.3 Å². The molecule has 16 heavy (non-hydrogen) atoms. The lowest BCUT2D eigenvalue weighted by Gasteiger charge is -2.27. The van der Waals surface area contributed by atoms with E-state index in [-0.39, 0.29) is 17.8 Å². The number of ether oxygens (including phenoxy) is 1. The summed E-state index contributed by atoms with van der Waals surface area (Å²) in [6.07, 6.45) is 0.784. The molecular weight excluding hydrogens is 208 g/mol. The first kappa shape index (κ1) is 13.0. The number of rotatable bonds is 4. The summed E-state index contributed by atoms with van der Waals surface area (Å²) in [4.78, 5) is 24.6. The number of likely N-dealkylation sites (tertiary alicyclic amines) is 1. The third-order valence-corrected chi connectivity index (χ3v) is 3.03. The number of carbonyl (C=O) groups is 2. The van der Waals surface area contributed by atoms with Gasteiger partial charge in [-0.15, -0.1) is 0 Å². The molecule has 1 rings (SSSR count). The minimum absolute atomic E-state index is 0.0755. The molecule has 0 radical (unpaired) electrons. The summed E-state index contributed by atoms with van der Waals surface area (Å²) in [6.45, 7) is 5.75. The van der Waals surface area contributed by atoms with Crippen LogP contribution in [0.25, 0.3) is 0 Å². The van der Waals surface area contributed by atoms with Crippen LogP contribution in [0.1, 0.15) is 20.3 Å². The average molecular weight is 228 g/mol. The second-order valence-corrected chi connectivity index (χ2v) is 5.00. The molecule has 5 heteroatoms. The first-order valence-corrected chi connectivity index (χ1v) is 5.47. The summed E-state index contributed by atoms with van der Waals surface area (Å²) in [5, 5.41) is 0. The minimum atomic E-state index is -0.540. The van der Waals surface area contributed by atoms with E-state index in [0.29, 0.717) is 13.1 Å². The fraction of sp³-hybridized carbons (Fsp3) is 0.818. The van der Waals surface area contributed by atoms with Crippen molar-refractivity contribution in [2.75, 3.05) is 26.7 Å². The second-order valence-electron chi connectivity index (χ2n) is 5.00. The van der Waals surface area contributed by atoms with Gasteiger partial charge in [-0.2, -0.15) is 0 Å². The molecule has 1 aliphatic rings. The zero-order valence-electron chi connectivity index (χ0n) is 10.2. The molecule has 2 N–H and O–H groups in total. The molecule has 92 valence electrons. The predicted molar refractivity (Wildman–Crippen MR) is 59.5 cm³/mol. The highest BCUT2D eigenvalue weighted by molar-refractivity contribution is 5.77. The number of hydrogen-bond donors (Lipinski definition) is 1. The monoisotopic (exact) mass is 228 g/mol. The summed E-state index contributed by atoms with van der Waals surface area (Å²) in [7, 11) is 1.39. The van der Waals surface area contributed by atoms with E-state index < -0.39 is 5.41 Å². The molecule has 1 unspecified atom stereocenters. The van der Waals surface area contributed by atoms with Gasteiger partial charge in [-0.25, -0.2) is 0 Å². The molecule has 1 atom stereocenters. The van der Waals surface area contributed by atoms with Crippen molar-refractivity contribution in [3.8, 4) is 0 Å². The molecule has 0 aromatic heterocycles. The Morgan fingerprint density at radius 3 is 2.56 bits per heavy atom. The number of primary amides is 1. The molecular formula is C11H20N2O3. The Hall–Kier alpha value is -1.10. The maximum Gasteiger partial charge on any atom is 0.312 e. The van der Waals surface area contributed by atoms with Crippen LogP contribution in [0.15, 0.2) is 0 Å². The number of methoxy groups -OCH3 is 1. The van der Waals surface area contributed by atoms with Crippen molar-refractivity contribution >= 4 is 11.9 Å². The summed E-state index contributed by atoms with van der Waals surface area (Å²) in [6, 6.07) is 0. The van der Waals surface area contributed by atoms with Crippen molar-refractivity contribution < 1.29 is 14.3 Å². The van der Waals surface area contributed by atoms with Crippen LogP contribution in [0.2, 0.25) is 0 Å². The van der Waals surface area contributed by atoms with Gasteiger partial charge in [-0.3, -0.25) is 9.59 Å². The van der Waals surface area contributed by atoms with E-state index in [1.807, 2.05) is 13.8 Å². The van der Waals surface area contributed by atoms with Crippen molar-refractivity contribution in [1.82, 2.24) is 4.90 Å². The highest BCUT2D eigenvalue weighted by atomic mass is 16.5. The third kappa shape index (κ3) is 2.95. The van der Waals surface area contributed by atoms with Gasteiger partial charge >= 0.3 is 5.97 Å². The smallest absolute Gasteiger partial charge is 0.312 e. The Labute approximate surface area is 95.9 Å². The molecule has 1 fully saturated rings. The predicted octanol–water partition coefficient (Wildman–Crippen LogP) is -0.00720. The van der Waals surface area contributed by atoms with Gasteiger partial charge in [-0.05, 0) is 26.8 Å². The van der Waals surface area contributed by atoms with Crippen LogP contribution in [0.5, 0.6) is 0 Å². The van der Waals surface area contributed by atoms with Crippen LogP contribution in [0, 0.1) is 11.3 Å². The van der Waals surface area contributed by atoms with Crippen LogP contribution in [-0.4, -0.2) is 43.5 Å². The standard InChI is InChI=1S/C11H20N2O3/c1-11(2,10(15)16-3)7-13-5-4-8(6-13)9(12)14/h8H,4-7H2,1-3H3,(H2,12,14). The van der Waals surface area contributed by atoms with Gasteiger partial charge in [0.05, 0.1) is 18.4 Å². The molecule has 0 saturated carbocycles. The van der Waals surface area contributed by atoms with Gasteiger partial charge in [0, 0.05) is 13.1 Å². The van der Waals surface area contributed by atoms with E-state index >= 15 is 0 Å². The molecule has 5 nitrogen and oxygen atoms in total. The highest BCUT2D eigenvalue weighted by Crippen LogP contribution is 2.23. The van der Waals surface area contributed by atoms with E-state index in [2.05, 4.69) is 4.90 Å². The number of nitrogens with two attached hydrogens (primary N) is 1. The molecule has 1 amide bonds. The summed E-state index contributed by atoms with van der Waals surface area (Å²) in [5.41, 5.74) is 4.71. The van der Waals surface area contributed by atoms with Crippen LogP contribution in [0.4, 0.5) is 0 Å². The fourth-order valence-electron chi connectivity index (χ4n) is 2.11. The molecule has 0 aromatic rings. The number of hydrogen-bond acceptors (Lipinski definition) is 4. The van der Waals surface area contributed by atoms with E-state index in [9.17, 15) is 9.59 Å². The second kappa shape index (κ2) is 4.82. The maximum atomic E-state index is 11.5. The van der Waals surface area contributed by atoms with Gasteiger partial charge in [0.25, 0.3) is 0 Å². The van der Waals surface area contributed by atoms with Gasteiger partial charge in [-0.1, -0.05) is 0 Å². The van der Waals surface area contributed by atoms with Crippen molar-refractivity contribution in [2.24, 2.45) is 17.1 Å². The quantitative estimate of drug-likeness (QED) is 0.687. The zero-order chi connectivity index (χ0) is 12.3. The van der Waals surface area contributed by atoms with Crippen LogP contribution in [0.3, 0.4) is 0 Å². The van der Waals surface area contributed by atoms with Crippen molar-refractivity contribution in [3.05, 3.63) is 0 Å². The number of amides is 1. The molecule has 1 heterocycles. The number of nitrogens with zero attached hydrogens (tertiary/aromatic N) is 1. The van der Waals surface area contributed by atoms with Gasteiger partial charge in [0.1, 0.15) is 0 Å². The maximum absolute atomic E-state index is 11.5.